The van der Waals surface area contributed by atoms with Crippen LogP contribution in [-0.4, -0.2) is 19.1 Å². The zero-order chi connectivity index (χ0) is 14.3. The maximum Gasteiger partial charge on any atom is 0.0571 e. The smallest absolute Gasteiger partial charge is 0.0571 e. The van der Waals surface area contributed by atoms with Crippen LogP contribution >= 0.6 is 0 Å². The normalized spacial score (nSPS) is 25.6. The largest absolute Gasteiger partial charge is 0.367 e. The first-order chi connectivity index (χ1) is 8.82. The third-order valence-corrected chi connectivity index (χ3v) is 5.23. The lowest BCUT2D eigenvalue weighted by atomic mass is 9.73. The van der Waals surface area contributed by atoms with Gasteiger partial charge >= 0.3 is 0 Å². The first-order valence-electron chi connectivity index (χ1n) is 7.35. The lowest BCUT2D eigenvalue weighted by Crippen LogP contribution is -2.58. The molecule has 19 heavy (non-hydrogen) atoms. The predicted molar refractivity (Wildman–Crippen MR) is 83.7 cm³/mol. The molecule has 0 bridgehead atoms. The van der Waals surface area contributed by atoms with E-state index in [1.54, 1.807) is 0 Å². The molecule has 0 spiro atoms. The summed E-state index contributed by atoms with van der Waals surface area (Å²) in [7, 11) is 2.22. The van der Waals surface area contributed by atoms with Gasteiger partial charge in [0, 0.05) is 19.3 Å². The van der Waals surface area contributed by atoms with Crippen LogP contribution in [0.4, 0.5) is 5.69 Å². The fourth-order valence-corrected chi connectivity index (χ4v) is 3.92. The van der Waals surface area contributed by atoms with Crippen molar-refractivity contribution in [2.75, 3.05) is 18.5 Å². The standard InChI is InChI=1S/C17H28N2/c1-13-9-14(2)11-15(10-13)19(5)17(12-18)8-6-7-16(17,3)4/h9-11H,6-8,12,18H2,1-5H3. The van der Waals surface area contributed by atoms with Crippen molar-refractivity contribution >= 4 is 5.69 Å². The van der Waals surface area contributed by atoms with Crippen LogP contribution < -0.4 is 10.6 Å². The Morgan fingerprint density at radius 3 is 2.11 bits per heavy atom. The van der Waals surface area contributed by atoms with Crippen LogP contribution in [0.3, 0.4) is 0 Å². The van der Waals surface area contributed by atoms with Crippen LogP contribution in [0.1, 0.15) is 44.2 Å². The highest BCUT2D eigenvalue weighted by Crippen LogP contribution is 2.49. The quantitative estimate of drug-likeness (QED) is 0.899. The lowest BCUT2D eigenvalue weighted by Gasteiger charge is -2.49. The van der Waals surface area contributed by atoms with Gasteiger partial charge in [0.15, 0.2) is 0 Å². The first-order valence-corrected chi connectivity index (χ1v) is 7.35. The minimum Gasteiger partial charge on any atom is -0.367 e. The van der Waals surface area contributed by atoms with Gasteiger partial charge in [-0.15, -0.1) is 0 Å². The molecule has 0 radical (unpaired) electrons. The molecule has 1 aliphatic rings. The van der Waals surface area contributed by atoms with Crippen LogP contribution in [-0.2, 0) is 0 Å². The minimum atomic E-state index is 0.0905. The van der Waals surface area contributed by atoms with E-state index < -0.39 is 0 Å². The molecule has 0 aliphatic heterocycles. The molecule has 1 aromatic carbocycles. The van der Waals surface area contributed by atoms with E-state index in [2.05, 4.69) is 57.8 Å². The lowest BCUT2D eigenvalue weighted by molar-refractivity contribution is 0.207. The number of benzene rings is 1. The summed E-state index contributed by atoms with van der Waals surface area (Å²) in [4.78, 5) is 2.44. The van der Waals surface area contributed by atoms with E-state index in [4.69, 9.17) is 5.73 Å². The Bertz CT molecular complexity index is 444. The van der Waals surface area contributed by atoms with Crippen molar-refractivity contribution in [1.82, 2.24) is 0 Å². The average molecular weight is 260 g/mol. The number of aryl methyl sites for hydroxylation is 2. The first kappa shape index (κ1) is 14.4. The number of hydrogen-bond donors (Lipinski definition) is 1. The molecule has 2 rings (SSSR count). The molecule has 1 aromatic rings. The second kappa shape index (κ2) is 4.82. The van der Waals surface area contributed by atoms with E-state index in [0.717, 1.165) is 6.54 Å². The van der Waals surface area contributed by atoms with Gasteiger partial charge in [-0.25, -0.2) is 0 Å². The molecule has 0 aromatic heterocycles. The van der Waals surface area contributed by atoms with Gasteiger partial charge in [-0.2, -0.15) is 0 Å². The van der Waals surface area contributed by atoms with Crippen LogP contribution in [0, 0.1) is 19.3 Å². The Morgan fingerprint density at radius 2 is 1.68 bits per heavy atom. The molecule has 1 unspecified atom stereocenters. The summed E-state index contributed by atoms with van der Waals surface area (Å²) in [5.74, 6) is 0. The molecule has 2 N–H and O–H groups in total. The fraction of sp³-hybridized carbons (Fsp3) is 0.647. The second-order valence-corrected chi connectivity index (χ2v) is 6.88. The van der Waals surface area contributed by atoms with Gasteiger partial charge in [0.2, 0.25) is 0 Å². The molecule has 0 heterocycles. The van der Waals surface area contributed by atoms with Crippen molar-refractivity contribution in [3.8, 4) is 0 Å². The van der Waals surface area contributed by atoms with Crippen molar-refractivity contribution < 1.29 is 0 Å². The Balaban J connectivity index is 2.44. The summed E-state index contributed by atoms with van der Waals surface area (Å²) in [6, 6.07) is 6.78. The summed E-state index contributed by atoms with van der Waals surface area (Å²) in [5.41, 5.74) is 10.5. The maximum atomic E-state index is 6.22. The van der Waals surface area contributed by atoms with Gasteiger partial charge in [-0.05, 0) is 55.4 Å². The van der Waals surface area contributed by atoms with Crippen LogP contribution in [0.2, 0.25) is 0 Å². The van der Waals surface area contributed by atoms with E-state index in [1.807, 2.05) is 0 Å². The predicted octanol–water partition coefficient (Wildman–Crippen LogP) is 3.65. The number of anilines is 1. The molecule has 0 amide bonds. The summed E-state index contributed by atoms with van der Waals surface area (Å²) in [6.07, 6.45) is 3.73. The van der Waals surface area contributed by atoms with Gasteiger partial charge in [0.05, 0.1) is 5.54 Å². The third-order valence-electron chi connectivity index (χ3n) is 5.23. The summed E-state index contributed by atoms with van der Waals surface area (Å²) in [5, 5.41) is 0. The fourth-order valence-electron chi connectivity index (χ4n) is 3.92. The third kappa shape index (κ3) is 2.27. The molecule has 106 valence electrons. The van der Waals surface area contributed by atoms with E-state index in [1.165, 1.54) is 36.1 Å². The summed E-state index contributed by atoms with van der Waals surface area (Å²) >= 11 is 0. The molecule has 1 saturated carbocycles. The van der Waals surface area contributed by atoms with Crippen LogP contribution in [0.15, 0.2) is 18.2 Å². The summed E-state index contributed by atoms with van der Waals surface area (Å²) < 4.78 is 0. The highest BCUT2D eigenvalue weighted by Gasteiger charge is 2.50. The van der Waals surface area contributed by atoms with Crippen LogP contribution in [0.5, 0.6) is 0 Å². The minimum absolute atomic E-state index is 0.0905. The second-order valence-electron chi connectivity index (χ2n) is 6.88. The SMILES string of the molecule is Cc1cc(C)cc(N(C)C2(CN)CCCC2(C)C)c1. The van der Waals surface area contributed by atoms with Crippen molar-refractivity contribution in [2.45, 2.75) is 52.5 Å². The number of nitrogens with two attached hydrogens (primary N) is 1. The number of rotatable bonds is 3. The van der Waals surface area contributed by atoms with Crippen molar-refractivity contribution in [3.05, 3.63) is 29.3 Å². The Kier molecular flexibility index (Phi) is 3.65. The van der Waals surface area contributed by atoms with Gasteiger partial charge in [-0.3, -0.25) is 0 Å². The monoisotopic (exact) mass is 260 g/mol. The van der Waals surface area contributed by atoms with E-state index in [-0.39, 0.29) is 11.0 Å². The molecular formula is C17H28N2. The topological polar surface area (TPSA) is 29.3 Å². The maximum absolute atomic E-state index is 6.22. The zero-order valence-electron chi connectivity index (χ0n) is 13.1. The van der Waals surface area contributed by atoms with E-state index in [0.29, 0.717) is 0 Å². The Morgan fingerprint density at radius 1 is 1.11 bits per heavy atom. The molecule has 1 fully saturated rings. The molecule has 0 saturated heterocycles. The highest BCUT2D eigenvalue weighted by atomic mass is 15.2. The van der Waals surface area contributed by atoms with Gasteiger partial charge in [-0.1, -0.05) is 26.3 Å². The number of nitrogens with zero attached hydrogens (tertiary/aromatic N) is 1. The van der Waals surface area contributed by atoms with Gasteiger partial charge < -0.3 is 10.6 Å². The Hall–Kier alpha value is -1.02. The molecule has 1 aliphatic carbocycles. The van der Waals surface area contributed by atoms with Crippen molar-refractivity contribution in [3.63, 3.8) is 0 Å². The highest BCUT2D eigenvalue weighted by molar-refractivity contribution is 5.53. The molecular weight excluding hydrogens is 232 g/mol. The van der Waals surface area contributed by atoms with Gasteiger partial charge in [0.25, 0.3) is 0 Å². The molecule has 2 heteroatoms. The molecule has 1 atom stereocenters. The number of hydrogen-bond acceptors (Lipinski definition) is 2. The average Bonchev–Trinajstić information content (AvgIpc) is 2.62. The van der Waals surface area contributed by atoms with Crippen LogP contribution in [0.25, 0.3) is 0 Å². The summed E-state index contributed by atoms with van der Waals surface area (Å²) in [6.45, 7) is 9.79. The van der Waals surface area contributed by atoms with Gasteiger partial charge in [0.1, 0.15) is 0 Å². The zero-order valence-corrected chi connectivity index (χ0v) is 13.1. The van der Waals surface area contributed by atoms with E-state index in [9.17, 15) is 0 Å². The van der Waals surface area contributed by atoms with E-state index >= 15 is 0 Å². The number of likely N-dealkylation sites (N-methyl/N-ethyl adjacent to an activating group) is 1. The Labute approximate surface area is 118 Å². The van der Waals surface area contributed by atoms with Crippen molar-refractivity contribution in [2.24, 2.45) is 11.1 Å². The molecule has 2 nitrogen and oxygen atoms in total. The van der Waals surface area contributed by atoms with Crippen molar-refractivity contribution in [1.29, 1.82) is 0 Å².